The van der Waals surface area contributed by atoms with Crippen LogP contribution >= 0.6 is 24.2 Å². The Hall–Kier alpha value is -1.28. The Kier molecular flexibility index (Phi) is 9.27. The number of nitrogens with one attached hydrogen (secondary N) is 1. The summed E-state index contributed by atoms with van der Waals surface area (Å²) in [6.07, 6.45) is 0.905. The largest absolute Gasteiger partial charge is 0.469 e. The van der Waals surface area contributed by atoms with E-state index < -0.39 is 11.0 Å². The molecular weight excluding hydrogens is 400 g/mol. The maximum atomic E-state index is 12.8. The van der Waals surface area contributed by atoms with Gasteiger partial charge in [0.15, 0.2) is 0 Å². The summed E-state index contributed by atoms with van der Waals surface area (Å²) in [7, 11) is 1.39. The molecule has 6 nitrogen and oxygen atoms in total. The van der Waals surface area contributed by atoms with E-state index in [4.69, 9.17) is 10.5 Å². The highest BCUT2D eigenvalue weighted by Gasteiger charge is 2.62. The first-order chi connectivity index (χ1) is 12.7. The first-order valence-electron chi connectivity index (χ1n) is 9.20. The van der Waals surface area contributed by atoms with Crippen molar-refractivity contribution < 1.29 is 19.1 Å². The van der Waals surface area contributed by atoms with E-state index in [0.29, 0.717) is 25.2 Å². The Labute approximate surface area is 177 Å². The summed E-state index contributed by atoms with van der Waals surface area (Å²) in [6, 6.07) is 7.70. The van der Waals surface area contributed by atoms with Crippen molar-refractivity contribution in [2.45, 2.75) is 51.0 Å². The van der Waals surface area contributed by atoms with Crippen LogP contribution in [0.5, 0.6) is 0 Å². The van der Waals surface area contributed by atoms with Crippen LogP contribution in [-0.2, 0) is 24.8 Å². The van der Waals surface area contributed by atoms with Crippen LogP contribution in [0, 0.1) is 5.41 Å². The van der Waals surface area contributed by atoms with Crippen LogP contribution in [0.3, 0.4) is 0 Å². The molecule has 0 aliphatic heterocycles. The summed E-state index contributed by atoms with van der Waals surface area (Å²) in [5, 5.41) is 2.96. The van der Waals surface area contributed by atoms with Gasteiger partial charge in [-0.05, 0) is 24.6 Å². The van der Waals surface area contributed by atoms with Crippen LogP contribution in [-0.4, -0.2) is 43.0 Å². The fourth-order valence-corrected chi connectivity index (χ4v) is 4.12. The molecule has 1 aliphatic rings. The van der Waals surface area contributed by atoms with Crippen molar-refractivity contribution in [3.63, 3.8) is 0 Å². The van der Waals surface area contributed by atoms with E-state index in [0.717, 1.165) is 17.0 Å². The molecule has 1 aliphatic carbocycles. The molecule has 0 spiro atoms. The molecule has 0 heterocycles. The normalized spacial score (nSPS) is 22.5. The summed E-state index contributed by atoms with van der Waals surface area (Å²) in [4.78, 5) is 24.0. The third kappa shape index (κ3) is 5.41. The number of methoxy groups -OCH3 is 1. The first-order valence-corrected chi connectivity index (χ1v) is 10.4. The SMILES string of the molecule is CCOC1CC(N)(C(=O)Nc2cccc(CSCCC(=O)OC)c2)C1(C)C.Cl. The lowest BCUT2D eigenvalue weighted by molar-refractivity contribution is -0.166. The van der Waals surface area contributed by atoms with Crippen LogP contribution in [0.25, 0.3) is 0 Å². The number of thioether (sulfide) groups is 1. The minimum Gasteiger partial charge on any atom is -0.469 e. The molecular formula is C20H31ClN2O4S. The van der Waals surface area contributed by atoms with Crippen molar-refractivity contribution in [2.24, 2.45) is 11.1 Å². The molecule has 1 aromatic rings. The molecule has 1 saturated carbocycles. The fourth-order valence-electron chi connectivity index (χ4n) is 3.25. The van der Waals surface area contributed by atoms with Gasteiger partial charge in [-0.15, -0.1) is 12.4 Å². The van der Waals surface area contributed by atoms with E-state index in [2.05, 4.69) is 10.1 Å². The number of carbonyl (C=O) groups excluding carboxylic acids is 2. The summed E-state index contributed by atoms with van der Waals surface area (Å²) in [5.74, 6) is 1.07. The predicted octanol–water partition coefficient (Wildman–Crippen LogP) is 3.38. The molecule has 0 bridgehead atoms. The lowest BCUT2D eigenvalue weighted by Crippen LogP contribution is -2.74. The minimum atomic E-state index is -0.946. The summed E-state index contributed by atoms with van der Waals surface area (Å²) >= 11 is 1.65. The highest BCUT2D eigenvalue weighted by molar-refractivity contribution is 7.98. The van der Waals surface area contributed by atoms with Crippen LogP contribution in [0.1, 0.15) is 39.2 Å². The number of hydrogen-bond acceptors (Lipinski definition) is 6. The number of hydrogen-bond donors (Lipinski definition) is 2. The van der Waals surface area contributed by atoms with E-state index in [1.807, 2.05) is 45.0 Å². The van der Waals surface area contributed by atoms with Crippen molar-refractivity contribution in [1.29, 1.82) is 0 Å². The number of benzene rings is 1. The lowest BCUT2D eigenvalue weighted by Gasteiger charge is -2.57. The number of nitrogens with two attached hydrogens (primary N) is 1. The highest BCUT2D eigenvalue weighted by atomic mass is 35.5. The van der Waals surface area contributed by atoms with E-state index in [-0.39, 0.29) is 30.4 Å². The molecule has 0 saturated heterocycles. The van der Waals surface area contributed by atoms with Crippen molar-refractivity contribution in [3.05, 3.63) is 29.8 Å². The Bertz CT molecular complexity index is 686. The van der Waals surface area contributed by atoms with Crippen molar-refractivity contribution in [1.82, 2.24) is 0 Å². The molecule has 1 aromatic carbocycles. The standard InChI is InChI=1S/C20H30N2O4S.ClH/c1-5-26-16-12-20(21,19(16,2)3)18(24)22-15-8-6-7-14(11-15)13-27-10-9-17(23)25-4;/h6-8,11,16H,5,9-10,12-13,21H2,1-4H3,(H,22,24);1H. The van der Waals surface area contributed by atoms with Gasteiger partial charge < -0.3 is 20.5 Å². The van der Waals surface area contributed by atoms with Gasteiger partial charge in [0, 0.05) is 35.6 Å². The first kappa shape index (κ1) is 24.8. The van der Waals surface area contributed by atoms with Crippen LogP contribution in [0.2, 0.25) is 0 Å². The van der Waals surface area contributed by atoms with Gasteiger partial charge in [-0.1, -0.05) is 26.0 Å². The molecule has 0 radical (unpaired) electrons. The van der Waals surface area contributed by atoms with Gasteiger partial charge in [-0.25, -0.2) is 0 Å². The monoisotopic (exact) mass is 430 g/mol. The van der Waals surface area contributed by atoms with Crippen molar-refractivity contribution >= 4 is 41.7 Å². The van der Waals surface area contributed by atoms with Gasteiger partial charge in [0.2, 0.25) is 5.91 Å². The third-order valence-electron chi connectivity index (χ3n) is 5.37. The zero-order valence-electron chi connectivity index (χ0n) is 16.9. The quantitative estimate of drug-likeness (QED) is 0.461. The molecule has 2 rings (SSSR count). The van der Waals surface area contributed by atoms with Gasteiger partial charge in [-0.2, -0.15) is 11.8 Å². The minimum absolute atomic E-state index is 0. The van der Waals surface area contributed by atoms with Crippen molar-refractivity contribution in [2.75, 3.05) is 24.8 Å². The second-order valence-electron chi connectivity index (χ2n) is 7.37. The average molecular weight is 431 g/mol. The Balaban J connectivity index is 0.00000392. The van der Waals surface area contributed by atoms with E-state index in [9.17, 15) is 9.59 Å². The highest BCUT2D eigenvalue weighted by Crippen LogP contribution is 2.50. The maximum absolute atomic E-state index is 12.8. The summed E-state index contributed by atoms with van der Waals surface area (Å²) in [6.45, 7) is 6.51. The zero-order valence-corrected chi connectivity index (χ0v) is 18.6. The molecule has 3 N–H and O–H groups in total. The average Bonchev–Trinajstić information content (AvgIpc) is 2.64. The smallest absolute Gasteiger partial charge is 0.306 e. The number of rotatable bonds is 9. The maximum Gasteiger partial charge on any atom is 0.306 e. The molecule has 8 heteroatoms. The number of halogens is 1. The number of carbonyl (C=O) groups is 2. The summed E-state index contributed by atoms with van der Waals surface area (Å²) in [5.41, 5.74) is 6.87. The van der Waals surface area contributed by atoms with E-state index in [1.54, 1.807) is 11.8 Å². The number of anilines is 1. The Morgan fingerprint density at radius 3 is 2.68 bits per heavy atom. The van der Waals surface area contributed by atoms with Crippen LogP contribution < -0.4 is 11.1 Å². The predicted molar refractivity (Wildman–Crippen MR) is 116 cm³/mol. The van der Waals surface area contributed by atoms with Gasteiger partial charge in [-0.3, -0.25) is 9.59 Å². The fraction of sp³-hybridized carbons (Fsp3) is 0.600. The third-order valence-corrected chi connectivity index (χ3v) is 6.40. The Morgan fingerprint density at radius 1 is 1.36 bits per heavy atom. The van der Waals surface area contributed by atoms with Gasteiger partial charge in [0.25, 0.3) is 0 Å². The van der Waals surface area contributed by atoms with E-state index >= 15 is 0 Å². The molecule has 1 fully saturated rings. The van der Waals surface area contributed by atoms with Crippen LogP contribution in [0.15, 0.2) is 24.3 Å². The lowest BCUT2D eigenvalue weighted by atomic mass is 9.54. The second-order valence-corrected chi connectivity index (χ2v) is 8.48. The van der Waals surface area contributed by atoms with Gasteiger partial charge in [0.05, 0.1) is 19.6 Å². The molecule has 1 amide bonds. The molecule has 158 valence electrons. The topological polar surface area (TPSA) is 90.6 Å². The number of ether oxygens (including phenoxy) is 2. The molecule has 28 heavy (non-hydrogen) atoms. The molecule has 2 atom stereocenters. The molecule has 0 aromatic heterocycles. The van der Waals surface area contributed by atoms with Gasteiger partial charge >= 0.3 is 5.97 Å². The Morgan fingerprint density at radius 2 is 2.07 bits per heavy atom. The number of amides is 1. The van der Waals surface area contributed by atoms with E-state index in [1.165, 1.54) is 7.11 Å². The number of esters is 1. The van der Waals surface area contributed by atoms with Crippen LogP contribution in [0.4, 0.5) is 5.69 Å². The molecule has 2 unspecified atom stereocenters. The second kappa shape index (κ2) is 10.5. The zero-order chi connectivity index (χ0) is 20.1. The van der Waals surface area contributed by atoms with Gasteiger partial charge in [0.1, 0.15) is 5.54 Å². The summed E-state index contributed by atoms with van der Waals surface area (Å²) < 4.78 is 10.3. The van der Waals surface area contributed by atoms with Crippen molar-refractivity contribution in [3.8, 4) is 0 Å².